The van der Waals surface area contributed by atoms with Gasteiger partial charge in [0.2, 0.25) is 0 Å². The second-order valence-electron chi connectivity index (χ2n) is 5.81. The van der Waals surface area contributed by atoms with E-state index in [0.29, 0.717) is 42.5 Å². The molecule has 2 rings (SSSR count). The second kappa shape index (κ2) is 10.00. The third-order valence-corrected chi connectivity index (χ3v) is 4.55. The molecule has 0 unspecified atom stereocenters. The van der Waals surface area contributed by atoms with Gasteiger partial charge < -0.3 is 10.1 Å². The SMILES string of the molecule is CCn1c(NCCCOC)c(N=Nc2ccc(Br)cc2)c(C)c(C#N)c1=O. The zero-order valence-corrected chi connectivity index (χ0v) is 17.2. The maximum Gasteiger partial charge on any atom is 0.270 e. The van der Waals surface area contributed by atoms with Crippen LogP contribution >= 0.6 is 15.9 Å². The number of anilines is 1. The lowest BCUT2D eigenvalue weighted by Crippen LogP contribution is -2.26. The van der Waals surface area contributed by atoms with Crippen LogP contribution < -0.4 is 10.9 Å². The van der Waals surface area contributed by atoms with Gasteiger partial charge in [0, 0.05) is 36.8 Å². The minimum absolute atomic E-state index is 0.0871. The smallest absolute Gasteiger partial charge is 0.270 e. The van der Waals surface area contributed by atoms with Gasteiger partial charge in [-0.05, 0) is 44.5 Å². The number of benzene rings is 1. The molecule has 1 N–H and O–H groups in total. The molecule has 8 heteroatoms. The highest BCUT2D eigenvalue weighted by Gasteiger charge is 2.18. The van der Waals surface area contributed by atoms with Gasteiger partial charge in [-0.25, -0.2) is 0 Å². The van der Waals surface area contributed by atoms with Crippen LogP contribution in [0.1, 0.15) is 24.5 Å². The van der Waals surface area contributed by atoms with Gasteiger partial charge in [0.15, 0.2) is 0 Å². The average molecular weight is 432 g/mol. The van der Waals surface area contributed by atoms with Crippen molar-refractivity contribution in [1.82, 2.24) is 4.57 Å². The summed E-state index contributed by atoms with van der Waals surface area (Å²) in [7, 11) is 1.64. The van der Waals surface area contributed by atoms with Gasteiger partial charge in [0.1, 0.15) is 23.1 Å². The zero-order chi connectivity index (χ0) is 19.8. The molecule has 1 aromatic carbocycles. The molecule has 0 spiro atoms. The summed E-state index contributed by atoms with van der Waals surface area (Å²) in [6.07, 6.45) is 0.775. The topological polar surface area (TPSA) is 91.8 Å². The van der Waals surface area contributed by atoms with Crippen LogP contribution in [0.5, 0.6) is 0 Å². The number of ether oxygens (including phenoxy) is 1. The van der Waals surface area contributed by atoms with Gasteiger partial charge in [-0.2, -0.15) is 10.4 Å². The molecule has 0 aliphatic carbocycles. The highest BCUT2D eigenvalue weighted by Crippen LogP contribution is 2.31. The fourth-order valence-corrected chi connectivity index (χ4v) is 2.86. The van der Waals surface area contributed by atoms with E-state index in [0.717, 1.165) is 10.9 Å². The van der Waals surface area contributed by atoms with Crippen LogP contribution in [0.15, 0.2) is 43.8 Å². The van der Waals surface area contributed by atoms with Crippen molar-refractivity contribution in [3.05, 3.63) is 50.2 Å². The molecule has 0 bridgehead atoms. The first-order chi connectivity index (χ1) is 13.0. The van der Waals surface area contributed by atoms with E-state index < -0.39 is 0 Å². The number of nitrogens with zero attached hydrogens (tertiary/aromatic N) is 4. The number of methoxy groups -OCH3 is 1. The minimum atomic E-state index is -0.325. The summed E-state index contributed by atoms with van der Waals surface area (Å²) in [6.45, 7) is 5.21. The lowest BCUT2D eigenvalue weighted by molar-refractivity contribution is 0.197. The normalized spacial score (nSPS) is 10.9. The van der Waals surface area contributed by atoms with E-state index in [1.54, 1.807) is 14.0 Å². The summed E-state index contributed by atoms with van der Waals surface area (Å²) >= 11 is 3.38. The summed E-state index contributed by atoms with van der Waals surface area (Å²) in [5, 5.41) is 21.3. The third kappa shape index (κ3) is 5.02. The summed E-state index contributed by atoms with van der Waals surface area (Å²) in [6, 6.07) is 9.40. The van der Waals surface area contributed by atoms with Crippen LogP contribution in [0.4, 0.5) is 17.2 Å². The van der Waals surface area contributed by atoms with Crippen molar-refractivity contribution in [2.75, 3.05) is 25.6 Å². The number of nitriles is 1. The van der Waals surface area contributed by atoms with Crippen LogP contribution in [0.25, 0.3) is 0 Å². The van der Waals surface area contributed by atoms with Crippen LogP contribution in [-0.2, 0) is 11.3 Å². The van der Waals surface area contributed by atoms with E-state index in [-0.39, 0.29) is 11.1 Å². The quantitative estimate of drug-likeness (QED) is 0.485. The molecule has 2 aromatic rings. The molecule has 1 heterocycles. The van der Waals surface area contributed by atoms with E-state index >= 15 is 0 Å². The number of hydrogen-bond acceptors (Lipinski definition) is 6. The molecular weight excluding hydrogens is 410 g/mol. The lowest BCUT2D eigenvalue weighted by atomic mass is 10.1. The number of hydrogen-bond donors (Lipinski definition) is 1. The van der Waals surface area contributed by atoms with E-state index in [9.17, 15) is 10.1 Å². The molecule has 0 amide bonds. The Bertz CT molecular complexity index is 914. The Kier molecular flexibility index (Phi) is 7.70. The lowest BCUT2D eigenvalue weighted by Gasteiger charge is -2.17. The Labute approximate surface area is 166 Å². The molecule has 7 nitrogen and oxygen atoms in total. The van der Waals surface area contributed by atoms with E-state index in [1.165, 1.54) is 4.57 Å². The number of nitrogens with one attached hydrogen (secondary N) is 1. The first-order valence-electron chi connectivity index (χ1n) is 8.61. The van der Waals surface area contributed by atoms with Gasteiger partial charge in [-0.3, -0.25) is 9.36 Å². The molecule has 142 valence electrons. The zero-order valence-electron chi connectivity index (χ0n) is 15.6. The Balaban J connectivity index is 2.52. The monoisotopic (exact) mass is 431 g/mol. The number of azo groups is 1. The van der Waals surface area contributed by atoms with Crippen molar-refractivity contribution in [1.29, 1.82) is 5.26 Å². The molecule has 1 aromatic heterocycles. The van der Waals surface area contributed by atoms with Crippen LogP contribution in [0, 0.1) is 18.3 Å². The molecule has 0 saturated carbocycles. The Hall–Kier alpha value is -2.50. The van der Waals surface area contributed by atoms with Gasteiger partial charge in [0.05, 0.1) is 5.69 Å². The van der Waals surface area contributed by atoms with Gasteiger partial charge in [0.25, 0.3) is 5.56 Å². The average Bonchev–Trinajstić information content (AvgIpc) is 2.66. The van der Waals surface area contributed by atoms with Gasteiger partial charge >= 0.3 is 0 Å². The molecule has 0 radical (unpaired) electrons. The minimum Gasteiger partial charge on any atom is -0.385 e. The highest BCUT2D eigenvalue weighted by atomic mass is 79.9. The molecule has 27 heavy (non-hydrogen) atoms. The molecule has 0 saturated heterocycles. The maximum absolute atomic E-state index is 12.6. The van der Waals surface area contributed by atoms with Crippen LogP contribution in [0.2, 0.25) is 0 Å². The first kappa shape index (κ1) is 20.8. The van der Waals surface area contributed by atoms with Crippen molar-refractivity contribution < 1.29 is 4.74 Å². The molecule has 0 aliphatic heterocycles. The highest BCUT2D eigenvalue weighted by molar-refractivity contribution is 9.10. The van der Waals surface area contributed by atoms with Crippen molar-refractivity contribution >= 4 is 33.1 Å². The summed E-state index contributed by atoms with van der Waals surface area (Å²) < 4.78 is 7.54. The third-order valence-electron chi connectivity index (χ3n) is 4.02. The number of halogens is 1. The van der Waals surface area contributed by atoms with Crippen molar-refractivity contribution in [3.8, 4) is 6.07 Å². The number of pyridine rings is 1. The van der Waals surface area contributed by atoms with E-state index in [1.807, 2.05) is 37.3 Å². The van der Waals surface area contributed by atoms with Crippen molar-refractivity contribution in [3.63, 3.8) is 0 Å². The van der Waals surface area contributed by atoms with Gasteiger partial charge in [-0.15, -0.1) is 5.11 Å². The van der Waals surface area contributed by atoms with Crippen LogP contribution in [0.3, 0.4) is 0 Å². The first-order valence-corrected chi connectivity index (χ1v) is 9.40. The summed E-state index contributed by atoms with van der Waals surface area (Å²) in [5.74, 6) is 0.566. The Morgan fingerprint density at radius 2 is 2.00 bits per heavy atom. The summed E-state index contributed by atoms with van der Waals surface area (Å²) in [5.41, 5.74) is 1.45. The number of aromatic nitrogens is 1. The van der Waals surface area contributed by atoms with E-state index in [2.05, 4.69) is 31.5 Å². The standard InChI is InChI=1S/C19H22BrN5O2/c1-4-25-18(22-10-5-11-27-3)17(13(2)16(12-21)19(25)26)24-23-15-8-6-14(20)7-9-15/h6-9,22H,4-5,10-11H2,1-3H3. The Morgan fingerprint density at radius 1 is 1.30 bits per heavy atom. The molecular formula is C19H22BrN5O2. The van der Waals surface area contributed by atoms with E-state index in [4.69, 9.17) is 4.74 Å². The second-order valence-corrected chi connectivity index (χ2v) is 6.72. The van der Waals surface area contributed by atoms with Crippen LogP contribution in [-0.4, -0.2) is 24.8 Å². The van der Waals surface area contributed by atoms with Gasteiger partial charge in [-0.1, -0.05) is 15.9 Å². The number of rotatable bonds is 8. The van der Waals surface area contributed by atoms with Crippen molar-refractivity contribution in [2.45, 2.75) is 26.8 Å². The largest absolute Gasteiger partial charge is 0.385 e. The molecule has 0 aliphatic rings. The molecule has 0 atom stereocenters. The summed E-state index contributed by atoms with van der Waals surface area (Å²) in [4.78, 5) is 12.6. The molecule has 0 fully saturated rings. The Morgan fingerprint density at radius 3 is 2.59 bits per heavy atom. The predicted molar refractivity (Wildman–Crippen MR) is 109 cm³/mol. The predicted octanol–water partition coefficient (Wildman–Crippen LogP) is 4.67. The fraction of sp³-hybridized carbons (Fsp3) is 0.368. The maximum atomic E-state index is 12.6. The van der Waals surface area contributed by atoms with Crippen molar-refractivity contribution in [2.24, 2.45) is 10.2 Å². The fourth-order valence-electron chi connectivity index (χ4n) is 2.59.